The lowest BCUT2D eigenvalue weighted by molar-refractivity contribution is 1.07. The molecule has 6 heteroatoms. The van der Waals surface area contributed by atoms with Crippen molar-refractivity contribution in [3.05, 3.63) is 200 Å². The van der Waals surface area contributed by atoms with Crippen molar-refractivity contribution in [1.82, 2.24) is 24.1 Å². The zero-order valence-electron chi connectivity index (χ0n) is 31.2. The lowest BCUT2D eigenvalue weighted by Gasteiger charge is -2.12. The molecule has 0 atom stereocenters. The van der Waals surface area contributed by atoms with Crippen LogP contribution >= 0.6 is 0 Å². The zero-order valence-corrected chi connectivity index (χ0v) is 31.2. The number of nitriles is 1. The largest absolute Gasteiger partial charge is 0.309 e. The van der Waals surface area contributed by atoms with E-state index in [0.717, 1.165) is 50.2 Å². The minimum Gasteiger partial charge on any atom is -0.309 e. The maximum Gasteiger partial charge on any atom is 0.164 e. The van der Waals surface area contributed by atoms with Gasteiger partial charge in [0.2, 0.25) is 0 Å². The molecule has 11 rings (SSSR count). The van der Waals surface area contributed by atoms with Gasteiger partial charge in [0.15, 0.2) is 17.5 Å². The highest BCUT2D eigenvalue weighted by Gasteiger charge is 2.17. The molecule has 0 saturated heterocycles. The van der Waals surface area contributed by atoms with Crippen molar-refractivity contribution in [2.24, 2.45) is 0 Å². The third kappa shape index (κ3) is 5.53. The second kappa shape index (κ2) is 13.6. The van der Waals surface area contributed by atoms with Crippen LogP contribution in [-0.4, -0.2) is 24.1 Å². The Morgan fingerprint density at radius 2 is 0.810 bits per heavy atom. The summed E-state index contributed by atoms with van der Waals surface area (Å²) in [5, 5.41) is 14.5. The molecule has 0 fully saturated rings. The molecule has 0 spiro atoms. The van der Waals surface area contributed by atoms with E-state index in [0.29, 0.717) is 23.0 Å². The zero-order chi connectivity index (χ0) is 38.6. The van der Waals surface area contributed by atoms with Crippen LogP contribution in [0.1, 0.15) is 5.56 Å². The number of benzene rings is 8. The highest BCUT2D eigenvalue weighted by molar-refractivity contribution is 6.11. The molecule has 270 valence electrons. The molecule has 0 aliphatic rings. The molecule has 0 aliphatic carbocycles. The van der Waals surface area contributed by atoms with E-state index in [1.54, 1.807) is 6.07 Å². The number of para-hydroxylation sites is 3. The summed E-state index contributed by atoms with van der Waals surface area (Å²) >= 11 is 0. The lowest BCUT2D eigenvalue weighted by Crippen LogP contribution is -2.01. The predicted molar refractivity (Wildman–Crippen MR) is 235 cm³/mol. The number of aromatic nitrogens is 5. The number of nitrogens with zero attached hydrogens (tertiary/aromatic N) is 6. The van der Waals surface area contributed by atoms with E-state index in [4.69, 9.17) is 15.0 Å². The molecule has 8 aromatic carbocycles. The van der Waals surface area contributed by atoms with Crippen LogP contribution in [0.2, 0.25) is 0 Å². The van der Waals surface area contributed by atoms with Gasteiger partial charge in [0.1, 0.15) is 0 Å². The molecular formula is C52H32N6. The predicted octanol–water partition coefficient (Wildman–Crippen LogP) is 12.6. The average Bonchev–Trinajstić information content (AvgIpc) is 3.82. The van der Waals surface area contributed by atoms with Crippen LogP contribution in [0.15, 0.2) is 194 Å². The van der Waals surface area contributed by atoms with Gasteiger partial charge >= 0.3 is 0 Å². The average molecular weight is 741 g/mol. The van der Waals surface area contributed by atoms with Crippen LogP contribution < -0.4 is 0 Å². The number of fused-ring (bicyclic) bond motifs is 6. The first-order chi connectivity index (χ1) is 28.7. The Kier molecular flexibility index (Phi) is 7.76. The Morgan fingerprint density at radius 3 is 1.45 bits per heavy atom. The third-order valence-corrected chi connectivity index (χ3v) is 11.0. The molecule has 0 N–H and O–H groups in total. The van der Waals surface area contributed by atoms with Crippen molar-refractivity contribution in [3.8, 4) is 62.7 Å². The molecule has 0 amide bonds. The van der Waals surface area contributed by atoms with Crippen molar-refractivity contribution in [1.29, 1.82) is 5.26 Å². The highest BCUT2D eigenvalue weighted by Crippen LogP contribution is 2.37. The summed E-state index contributed by atoms with van der Waals surface area (Å²) in [6.45, 7) is 0. The fraction of sp³-hybridized carbons (Fsp3) is 0. The molecule has 11 aromatic rings. The van der Waals surface area contributed by atoms with E-state index in [-0.39, 0.29) is 0 Å². The van der Waals surface area contributed by atoms with Crippen molar-refractivity contribution >= 4 is 43.6 Å². The topological polar surface area (TPSA) is 72.3 Å². The molecule has 58 heavy (non-hydrogen) atoms. The standard InChI is InChI=1S/C52H32N6/c53-33-34-12-10-15-38(30-34)51-54-50(36-13-2-1-3-14-36)55-52(56-51)39-16-11-17-41(31-39)58-48-23-9-6-20-44(48)45-32-37(26-29-49(45)58)35-24-27-40(28-25-35)57-46-21-7-4-18-42(46)43-19-5-8-22-47(43)57/h1-32H. The number of hydrogen-bond acceptors (Lipinski definition) is 4. The SMILES string of the molecule is N#Cc1cccc(-c2nc(-c3ccccc3)nc(-c3cccc(-n4c5ccccc5c5cc(-c6ccc(-n7c8ccccc8c8ccccc87)cc6)ccc54)c3)n2)c1. The normalized spacial score (nSPS) is 11.4. The third-order valence-electron chi connectivity index (χ3n) is 11.0. The van der Waals surface area contributed by atoms with Gasteiger partial charge in [-0.15, -0.1) is 0 Å². The van der Waals surface area contributed by atoms with E-state index >= 15 is 0 Å². The van der Waals surface area contributed by atoms with Crippen molar-refractivity contribution < 1.29 is 0 Å². The van der Waals surface area contributed by atoms with Crippen molar-refractivity contribution in [3.63, 3.8) is 0 Å². The summed E-state index contributed by atoms with van der Waals surface area (Å²) in [6, 6.07) is 69.4. The quantitative estimate of drug-likeness (QED) is 0.170. The summed E-state index contributed by atoms with van der Waals surface area (Å²) in [5.41, 5.74) is 12.1. The Bertz CT molecular complexity index is 3350. The van der Waals surface area contributed by atoms with Crippen LogP contribution in [0.3, 0.4) is 0 Å². The van der Waals surface area contributed by atoms with Gasteiger partial charge in [-0.1, -0.05) is 127 Å². The number of rotatable bonds is 6. The fourth-order valence-electron chi connectivity index (χ4n) is 8.30. The molecule has 6 nitrogen and oxygen atoms in total. The molecule has 0 unspecified atom stereocenters. The van der Waals surface area contributed by atoms with Crippen LogP contribution in [0.4, 0.5) is 0 Å². The van der Waals surface area contributed by atoms with Gasteiger partial charge in [-0.2, -0.15) is 5.26 Å². The smallest absolute Gasteiger partial charge is 0.164 e. The lowest BCUT2D eigenvalue weighted by atomic mass is 10.0. The fourth-order valence-corrected chi connectivity index (χ4v) is 8.30. The van der Waals surface area contributed by atoms with Gasteiger partial charge in [-0.25, -0.2) is 15.0 Å². The van der Waals surface area contributed by atoms with Gasteiger partial charge in [-0.05, 0) is 77.9 Å². The second-order valence-electron chi connectivity index (χ2n) is 14.4. The highest BCUT2D eigenvalue weighted by atomic mass is 15.0. The Labute approximate surface area is 334 Å². The summed E-state index contributed by atoms with van der Waals surface area (Å²) in [4.78, 5) is 14.8. The van der Waals surface area contributed by atoms with Crippen molar-refractivity contribution in [2.75, 3.05) is 0 Å². The van der Waals surface area contributed by atoms with E-state index in [1.165, 1.54) is 32.6 Å². The van der Waals surface area contributed by atoms with Crippen LogP contribution in [0, 0.1) is 11.3 Å². The summed E-state index contributed by atoms with van der Waals surface area (Å²) in [6.07, 6.45) is 0. The van der Waals surface area contributed by atoms with Gasteiger partial charge in [-0.3, -0.25) is 0 Å². The van der Waals surface area contributed by atoms with Crippen molar-refractivity contribution in [2.45, 2.75) is 0 Å². The number of hydrogen-bond donors (Lipinski definition) is 0. The summed E-state index contributed by atoms with van der Waals surface area (Å²) in [5.74, 6) is 1.64. The van der Waals surface area contributed by atoms with Gasteiger partial charge in [0.05, 0.1) is 33.7 Å². The van der Waals surface area contributed by atoms with Gasteiger partial charge in [0.25, 0.3) is 0 Å². The van der Waals surface area contributed by atoms with E-state index in [2.05, 4.69) is 149 Å². The second-order valence-corrected chi connectivity index (χ2v) is 14.4. The molecule has 3 heterocycles. The van der Waals surface area contributed by atoms with E-state index < -0.39 is 0 Å². The first-order valence-corrected chi connectivity index (χ1v) is 19.3. The van der Waals surface area contributed by atoms with Crippen LogP contribution in [-0.2, 0) is 0 Å². The molecule has 0 aliphatic heterocycles. The van der Waals surface area contributed by atoms with Crippen LogP contribution in [0.25, 0.3) is 100 Å². The first-order valence-electron chi connectivity index (χ1n) is 19.3. The monoisotopic (exact) mass is 740 g/mol. The Hall–Kier alpha value is -8.14. The Morgan fingerprint density at radius 1 is 0.328 bits per heavy atom. The summed E-state index contributed by atoms with van der Waals surface area (Å²) < 4.78 is 4.67. The molecular weight excluding hydrogens is 709 g/mol. The molecule has 0 radical (unpaired) electrons. The maximum absolute atomic E-state index is 9.61. The molecule has 3 aromatic heterocycles. The minimum atomic E-state index is 0.513. The van der Waals surface area contributed by atoms with Gasteiger partial charge < -0.3 is 9.13 Å². The Balaban J connectivity index is 1.01. The van der Waals surface area contributed by atoms with E-state index in [1.807, 2.05) is 54.6 Å². The molecule has 0 bridgehead atoms. The maximum atomic E-state index is 9.61. The minimum absolute atomic E-state index is 0.513. The van der Waals surface area contributed by atoms with Gasteiger partial charge in [0, 0.05) is 49.6 Å². The van der Waals surface area contributed by atoms with Crippen LogP contribution in [0.5, 0.6) is 0 Å². The van der Waals surface area contributed by atoms with E-state index in [9.17, 15) is 5.26 Å². The molecule has 0 saturated carbocycles. The summed E-state index contributed by atoms with van der Waals surface area (Å²) in [7, 11) is 0. The first kappa shape index (κ1) is 33.2.